The van der Waals surface area contributed by atoms with Crippen LogP contribution < -0.4 is 10.6 Å². The van der Waals surface area contributed by atoms with E-state index in [4.69, 9.17) is 0 Å². The van der Waals surface area contributed by atoms with Crippen LogP contribution in [0.1, 0.15) is 20.3 Å². The zero-order chi connectivity index (χ0) is 20.2. The molecule has 4 rings (SSSR count). The molecule has 0 aliphatic carbocycles. The number of carbonyl (C=O) groups excluding carboxylic acids is 1. The Morgan fingerprint density at radius 2 is 1.72 bits per heavy atom. The van der Waals surface area contributed by atoms with Crippen LogP contribution in [0.4, 0.5) is 10.5 Å². The number of fused-ring (bicyclic) bond motifs is 1. The third-order valence-electron chi connectivity index (χ3n) is 4.99. The van der Waals surface area contributed by atoms with Crippen molar-refractivity contribution in [2.75, 3.05) is 5.32 Å². The van der Waals surface area contributed by atoms with Crippen molar-refractivity contribution in [1.29, 1.82) is 0 Å². The number of hydrogen-bond acceptors (Lipinski definition) is 2. The first-order valence-electron chi connectivity index (χ1n) is 9.85. The zero-order valence-electron chi connectivity index (χ0n) is 16.6. The van der Waals surface area contributed by atoms with Crippen LogP contribution in [0.2, 0.25) is 0 Å². The second-order valence-electron chi connectivity index (χ2n) is 7.17. The van der Waals surface area contributed by atoms with E-state index >= 15 is 0 Å². The number of urea groups is 1. The topological polar surface area (TPSA) is 69.8 Å². The Morgan fingerprint density at radius 3 is 2.48 bits per heavy atom. The first kappa shape index (κ1) is 18.7. The lowest BCUT2D eigenvalue weighted by atomic mass is 10.0. The average molecular weight is 384 g/mol. The maximum atomic E-state index is 12.0. The van der Waals surface area contributed by atoms with Crippen molar-refractivity contribution >= 4 is 22.8 Å². The molecule has 5 nitrogen and oxygen atoms in total. The fourth-order valence-electron chi connectivity index (χ4n) is 3.17. The van der Waals surface area contributed by atoms with Crippen LogP contribution in [0, 0.1) is 0 Å². The van der Waals surface area contributed by atoms with E-state index in [1.54, 1.807) is 0 Å². The average Bonchev–Trinajstić information content (AvgIpc) is 3.18. The molecule has 0 aliphatic heterocycles. The van der Waals surface area contributed by atoms with Gasteiger partial charge in [0.05, 0.1) is 11.0 Å². The Morgan fingerprint density at radius 1 is 0.966 bits per heavy atom. The Hall–Kier alpha value is -3.60. The fraction of sp³-hybridized carbons (Fsp3) is 0.167. The molecule has 0 bridgehead atoms. The molecular weight excluding hydrogens is 360 g/mol. The molecule has 1 aromatic heterocycles. The number of H-pyrrole nitrogens is 1. The minimum Gasteiger partial charge on any atom is -0.338 e. The number of imidazole rings is 1. The number of para-hydroxylation sites is 2. The van der Waals surface area contributed by atoms with Gasteiger partial charge in [-0.05, 0) is 54.8 Å². The minimum atomic E-state index is -0.181. The Labute approximate surface area is 170 Å². The lowest BCUT2D eigenvalue weighted by molar-refractivity contribution is 0.249. The van der Waals surface area contributed by atoms with E-state index in [2.05, 4.69) is 38.8 Å². The molecule has 0 saturated heterocycles. The largest absolute Gasteiger partial charge is 0.338 e. The number of nitrogens with zero attached hydrogens (tertiary/aromatic N) is 1. The van der Waals surface area contributed by atoms with Crippen LogP contribution in [-0.4, -0.2) is 22.0 Å². The molecule has 3 N–H and O–H groups in total. The van der Waals surface area contributed by atoms with E-state index in [1.165, 1.54) is 0 Å². The second-order valence-corrected chi connectivity index (χ2v) is 7.17. The number of hydrogen-bond donors (Lipinski definition) is 3. The highest BCUT2D eigenvalue weighted by atomic mass is 16.2. The Balaban J connectivity index is 1.53. The molecular formula is C24H24N4O. The van der Waals surface area contributed by atoms with Gasteiger partial charge >= 0.3 is 6.03 Å². The first-order chi connectivity index (χ1) is 14.1. The number of benzene rings is 3. The number of aromatic amines is 1. The summed E-state index contributed by atoms with van der Waals surface area (Å²) in [6.07, 6.45) is 0.897. The van der Waals surface area contributed by atoms with Gasteiger partial charge in [-0.15, -0.1) is 0 Å². The SMILES string of the molecule is CCC(C)NC(=O)Nc1ccc(-c2cccc(-c3nc4ccccc4[nH]3)c2)cc1. The van der Waals surface area contributed by atoms with Crippen molar-refractivity contribution in [3.05, 3.63) is 72.8 Å². The summed E-state index contributed by atoms with van der Waals surface area (Å²) in [6.45, 7) is 4.02. The van der Waals surface area contributed by atoms with Gasteiger partial charge in [0.2, 0.25) is 0 Å². The van der Waals surface area contributed by atoms with Crippen molar-refractivity contribution in [1.82, 2.24) is 15.3 Å². The van der Waals surface area contributed by atoms with Gasteiger partial charge in [-0.3, -0.25) is 0 Å². The molecule has 0 spiro atoms. The van der Waals surface area contributed by atoms with Crippen molar-refractivity contribution < 1.29 is 4.79 Å². The Kier molecular flexibility index (Phi) is 5.29. The quantitative estimate of drug-likeness (QED) is 0.406. The second kappa shape index (κ2) is 8.19. The molecule has 5 heteroatoms. The van der Waals surface area contributed by atoms with Gasteiger partial charge < -0.3 is 15.6 Å². The van der Waals surface area contributed by atoms with Gasteiger partial charge in [-0.25, -0.2) is 9.78 Å². The summed E-state index contributed by atoms with van der Waals surface area (Å²) in [6, 6.07) is 24.1. The number of rotatable bonds is 5. The molecule has 0 fully saturated rings. The third kappa shape index (κ3) is 4.29. The first-order valence-corrected chi connectivity index (χ1v) is 9.85. The molecule has 0 aliphatic rings. The molecule has 2 amide bonds. The standard InChI is InChI=1S/C24H24N4O/c1-3-16(2)25-24(29)26-20-13-11-17(12-14-20)18-7-6-8-19(15-18)23-27-21-9-4-5-10-22(21)28-23/h4-16H,3H2,1-2H3,(H,27,28)(H2,25,26,29). The molecule has 146 valence electrons. The highest BCUT2D eigenvalue weighted by Crippen LogP contribution is 2.27. The zero-order valence-corrected chi connectivity index (χ0v) is 16.6. The lowest BCUT2D eigenvalue weighted by Gasteiger charge is -2.13. The van der Waals surface area contributed by atoms with E-state index in [1.807, 2.05) is 68.4 Å². The summed E-state index contributed by atoms with van der Waals surface area (Å²) in [5.74, 6) is 0.855. The van der Waals surface area contributed by atoms with E-state index < -0.39 is 0 Å². The third-order valence-corrected chi connectivity index (χ3v) is 4.99. The van der Waals surface area contributed by atoms with Gasteiger partial charge in [-0.2, -0.15) is 0 Å². The predicted octanol–water partition coefficient (Wildman–Crippen LogP) is 5.82. The van der Waals surface area contributed by atoms with Crippen LogP contribution >= 0.6 is 0 Å². The van der Waals surface area contributed by atoms with Crippen molar-refractivity contribution in [3.8, 4) is 22.5 Å². The number of carbonyl (C=O) groups is 1. The fourth-order valence-corrected chi connectivity index (χ4v) is 3.17. The highest BCUT2D eigenvalue weighted by Gasteiger charge is 2.08. The van der Waals surface area contributed by atoms with E-state index in [0.29, 0.717) is 0 Å². The van der Waals surface area contributed by atoms with E-state index in [0.717, 1.165) is 45.7 Å². The number of aromatic nitrogens is 2. The summed E-state index contributed by atoms with van der Waals surface area (Å²) < 4.78 is 0. The van der Waals surface area contributed by atoms with Gasteiger partial charge in [0.15, 0.2) is 0 Å². The van der Waals surface area contributed by atoms with Crippen molar-refractivity contribution in [2.24, 2.45) is 0 Å². The monoisotopic (exact) mass is 384 g/mol. The molecule has 3 aromatic carbocycles. The molecule has 1 unspecified atom stereocenters. The van der Waals surface area contributed by atoms with Crippen LogP contribution in [0.3, 0.4) is 0 Å². The number of amides is 2. The maximum Gasteiger partial charge on any atom is 0.319 e. The van der Waals surface area contributed by atoms with Crippen LogP contribution in [0.5, 0.6) is 0 Å². The summed E-state index contributed by atoms with van der Waals surface area (Å²) in [7, 11) is 0. The van der Waals surface area contributed by atoms with Gasteiger partial charge in [0.1, 0.15) is 5.82 Å². The highest BCUT2D eigenvalue weighted by molar-refractivity contribution is 5.89. The molecule has 29 heavy (non-hydrogen) atoms. The normalized spacial score (nSPS) is 11.9. The molecule has 1 heterocycles. The maximum absolute atomic E-state index is 12.0. The van der Waals surface area contributed by atoms with Crippen LogP contribution in [-0.2, 0) is 0 Å². The molecule has 1 atom stereocenters. The summed E-state index contributed by atoms with van der Waals surface area (Å²) in [5, 5.41) is 5.77. The molecule has 0 radical (unpaired) electrons. The Bertz CT molecular complexity index is 1100. The van der Waals surface area contributed by atoms with Crippen LogP contribution in [0.15, 0.2) is 72.8 Å². The predicted molar refractivity (Wildman–Crippen MR) is 119 cm³/mol. The smallest absolute Gasteiger partial charge is 0.319 e. The summed E-state index contributed by atoms with van der Waals surface area (Å²) >= 11 is 0. The van der Waals surface area contributed by atoms with Gasteiger partial charge in [-0.1, -0.05) is 49.4 Å². The van der Waals surface area contributed by atoms with Crippen molar-refractivity contribution in [2.45, 2.75) is 26.3 Å². The van der Waals surface area contributed by atoms with E-state index in [9.17, 15) is 4.79 Å². The minimum absolute atomic E-state index is 0.148. The summed E-state index contributed by atoms with van der Waals surface area (Å²) in [4.78, 5) is 20.0. The summed E-state index contributed by atoms with van der Waals surface area (Å²) in [5.41, 5.74) is 5.96. The van der Waals surface area contributed by atoms with E-state index in [-0.39, 0.29) is 12.1 Å². The lowest BCUT2D eigenvalue weighted by Crippen LogP contribution is -2.35. The van der Waals surface area contributed by atoms with Crippen molar-refractivity contribution in [3.63, 3.8) is 0 Å². The van der Waals surface area contributed by atoms with Gasteiger partial charge in [0.25, 0.3) is 0 Å². The van der Waals surface area contributed by atoms with Crippen LogP contribution in [0.25, 0.3) is 33.5 Å². The molecule has 0 saturated carbocycles. The number of nitrogens with one attached hydrogen (secondary N) is 3. The van der Waals surface area contributed by atoms with Gasteiger partial charge in [0, 0.05) is 17.3 Å². The number of anilines is 1. The molecule has 4 aromatic rings.